The number of hydrogen-bond donors (Lipinski definition) is 0. The lowest BCUT2D eigenvalue weighted by Crippen LogP contribution is -2.31. The lowest BCUT2D eigenvalue weighted by Gasteiger charge is -2.31. The van der Waals surface area contributed by atoms with Gasteiger partial charge in [-0.25, -0.2) is 9.07 Å². The third-order valence-corrected chi connectivity index (χ3v) is 7.08. The molecule has 2 saturated carbocycles. The molecule has 5 heteroatoms. The number of aromatic nitrogens is 3. The Morgan fingerprint density at radius 3 is 2.45 bits per heavy atom. The number of halogens is 1. The Bertz CT molecular complexity index is 1140. The molecule has 0 amide bonds. The molecule has 2 aliphatic carbocycles. The summed E-state index contributed by atoms with van der Waals surface area (Å²) in [6.07, 6.45) is 6.90. The van der Waals surface area contributed by atoms with Crippen LogP contribution < -0.4 is 4.90 Å². The lowest BCUT2D eigenvalue weighted by atomic mass is 9.98. The Morgan fingerprint density at radius 1 is 1.03 bits per heavy atom. The summed E-state index contributed by atoms with van der Waals surface area (Å²) < 4.78 is 16.6. The molecule has 0 aliphatic heterocycles. The van der Waals surface area contributed by atoms with Gasteiger partial charge >= 0.3 is 0 Å². The molecular weight excluding hydrogens is 411 g/mol. The summed E-state index contributed by atoms with van der Waals surface area (Å²) in [5.74, 6) is 2.91. The van der Waals surface area contributed by atoms with Crippen LogP contribution in [0.4, 0.5) is 10.3 Å². The molecule has 2 aromatic carbocycles. The molecular formula is C28H35FN4. The van der Waals surface area contributed by atoms with Crippen molar-refractivity contribution in [3.05, 3.63) is 70.3 Å². The van der Waals surface area contributed by atoms with E-state index in [0.717, 1.165) is 42.4 Å². The molecule has 2 aliphatic rings. The molecule has 1 unspecified atom stereocenters. The summed E-state index contributed by atoms with van der Waals surface area (Å²) >= 11 is 0. The lowest BCUT2D eigenvalue weighted by molar-refractivity contribution is 0.521. The highest BCUT2D eigenvalue weighted by Crippen LogP contribution is 2.44. The van der Waals surface area contributed by atoms with Crippen molar-refractivity contribution in [2.75, 3.05) is 11.4 Å². The van der Waals surface area contributed by atoms with Crippen LogP contribution in [0.5, 0.6) is 0 Å². The van der Waals surface area contributed by atoms with E-state index in [1.807, 2.05) is 13.0 Å². The summed E-state index contributed by atoms with van der Waals surface area (Å²) in [7, 11) is 0. The minimum absolute atomic E-state index is 0.0922. The highest BCUT2D eigenvalue weighted by Gasteiger charge is 2.35. The van der Waals surface area contributed by atoms with Crippen LogP contribution in [0.2, 0.25) is 0 Å². The number of hydrogen-bond acceptors (Lipinski definition) is 3. The first kappa shape index (κ1) is 22.1. The summed E-state index contributed by atoms with van der Waals surface area (Å²) in [6.45, 7) is 9.15. The molecule has 174 valence electrons. The van der Waals surface area contributed by atoms with Gasteiger partial charge in [0.2, 0.25) is 5.95 Å². The molecule has 2 fully saturated rings. The smallest absolute Gasteiger partial charge is 0.245 e. The van der Waals surface area contributed by atoms with Gasteiger partial charge in [-0.2, -0.15) is 4.98 Å². The van der Waals surface area contributed by atoms with Crippen LogP contribution in [-0.2, 0) is 0 Å². The number of rotatable bonds is 9. The average molecular weight is 447 g/mol. The van der Waals surface area contributed by atoms with Crippen molar-refractivity contribution in [2.24, 2.45) is 5.92 Å². The molecule has 5 rings (SSSR count). The predicted octanol–water partition coefficient (Wildman–Crippen LogP) is 6.97. The molecule has 1 heterocycles. The molecule has 4 nitrogen and oxygen atoms in total. The van der Waals surface area contributed by atoms with E-state index in [-0.39, 0.29) is 11.9 Å². The molecule has 33 heavy (non-hydrogen) atoms. The van der Waals surface area contributed by atoms with Crippen molar-refractivity contribution >= 4 is 5.95 Å². The highest BCUT2D eigenvalue weighted by molar-refractivity contribution is 5.46. The van der Waals surface area contributed by atoms with Gasteiger partial charge in [-0.1, -0.05) is 49.6 Å². The van der Waals surface area contributed by atoms with Crippen LogP contribution in [0.1, 0.15) is 85.5 Å². The third-order valence-electron chi connectivity index (χ3n) is 7.08. The van der Waals surface area contributed by atoms with Crippen molar-refractivity contribution in [1.82, 2.24) is 14.8 Å². The van der Waals surface area contributed by atoms with Gasteiger partial charge in [0.1, 0.15) is 11.6 Å². The van der Waals surface area contributed by atoms with Crippen molar-refractivity contribution in [2.45, 2.75) is 78.2 Å². The fourth-order valence-electron chi connectivity index (χ4n) is 4.83. The Balaban J connectivity index is 1.58. The molecule has 0 saturated heterocycles. The Kier molecular flexibility index (Phi) is 5.98. The van der Waals surface area contributed by atoms with Crippen LogP contribution >= 0.6 is 0 Å². The topological polar surface area (TPSA) is 34.0 Å². The second kappa shape index (κ2) is 8.92. The molecule has 0 radical (unpaired) electrons. The molecule has 3 aromatic rings. The number of benzene rings is 2. The molecule has 1 aromatic heterocycles. The quantitative estimate of drug-likeness (QED) is 0.356. The minimum atomic E-state index is -0.128. The van der Waals surface area contributed by atoms with Gasteiger partial charge in [-0.15, -0.1) is 5.10 Å². The summed E-state index contributed by atoms with van der Waals surface area (Å²) in [4.78, 5) is 7.47. The van der Waals surface area contributed by atoms with Gasteiger partial charge < -0.3 is 4.90 Å². The monoisotopic (exact) mass is 446 g/mol. The van der Waals surface area contributed by atoms with E-state index in [2.05, 4.69) is 54.6 Å². The second-order valence-corrected chi connectivity index (χ2v) is 10.1. The van der Waals surface area contributed by atoms with Crippen molar-refractivity contribution in [3.63, 3.8) is 0 Å². The number of nitrogens with zero attached hydrogens (tertiary/aromatic N) is 4. The van der Waals surface area contributed by atoms with Crippen LogP contribution in [0.3, 0.4) is 0 Å². The van der Waals surface area contributed by atoms with Crippen molar-refractivity contribution in [3.8, 4) is 5.69 Å². The van der Waals surface area contributed by atoms with Gasteiger partial charge in [-0.05, 0) is 81.2 Å². The zero-order chi connectivity index (χ0) is 23.1. The number of anilines is 1. The normalized spacial score (nSPS) is 16.8. The first-order valence-electron chi connectivity index (χ1n) is 12.5. The van der Waals surface area contributed by atoms with Gasteiger partial charge in [0.15, 0.2) is 0 Å². The standard InChI is InChI=1S/C28H35FN4/c1-5-14-32(26(16-21-8-9-21)23-10-7-19(3)24(29)17-23)28-30-27(22-11-12-22)33(31-28)25-13-6-18(2)15-20(25)4/h6-7,10,13,15,17,21-22,26H,5,8-9,11-12,14,16H2,1-4H3. The highest BCUT2D eigenvalue weighted by atomic mass is 19.1. The number of aryl methyl sites for hydroxylation is 3. The van der Waals surface area contributed by atoms with E-state index < -0.39 is 0 Å². The fraction of sp³-hybridized carbons (Fsp3) is 0.500. The van der Waals surface area contributed by atoms with Gasteiger partial charge in [0.25, 0.3) is 0 Å². The summed E-state index contributed by atoms with van der Waals surface area (Å²) in [5, 5.41) is 5.10. The largest absolute Gasteiger partial charge is 0.332 e. The first-order chi connectivity index (χ1) is 15.9. The van der Waals surface area contributed by atoms with Crippen LogP contribution in [0.25, 0.3) is 5.69 Å². The van der Waals surface area contributed by atoms with Crippen LogP contribution in [0.15, 0.2) is 36.4 Å². The molecule has 0 spiro atoms. The van der Waals surface area contributed by atoms with Crippen molar-refractivity contribution < 1.29 is 4.39 Å². The van der Waals surface area contributed by atoms with Gasteiger partial charge in [0, 0.05) is 12.5 Å². The summed E-state index contributed by atoms with van der Waals surface area (Å²) in [5.41, 5.74) is 5.31. The zero-order valence-corrected chi connectivity index (χ0v) is 20.3. The molecule has 1 atom stereocenters. The zero-order valence-electron chi connectivity index (χ0n) is 20.3. The van der Waals surface area contributed by atoms with E-state index in [0.29, 0.717) is 17.4 Å². The fourth-order valence-corrected chi connectivity index (χ4v) is 4.83. The SMILES string of the molecule is CCCN(c1nc(C2CC2)n(-c2ccc(C)cc2C)n1)C(CC1CC1)c1ccc(C)c(F)c1. The maximum absolute atomic E-state index is 14.6. The van der Waals surface area contributed by atoms with E-state index in [9.17, 15) is 4.39 Å². The van der Waals surface area contributed by atoms with E-state index in [1.54, 1.807) is 6.07 Å². The average Bonchev–Trinajstić information content (AvgIpc) is 3.72. The Morgan fingerprint density at radius 2 is 1.82 bits per heavy atom. The minimum Gasteiger partial charge on any atom is -0.332 e. The van der Waals surface area contributed by atoms with E-state index in [4.69, 9.17) is 10.1 Å². The first-order valence-corrected chi connectivity index (χ1v) is 12.5. The Hall–Kier alpha value is -2.69. The third kappa shape index (κ3) is 4.68. The Labute approximate surface area is 196 Å². The second-order valence-electron chi connectivity index (χ2n) is 10.1. The van der Waals surface area contributed by atoms with Crippen LogP contribution in [-0.4, -0.2) is 21.3 Å². The van der Waals surface area contributed by atoms with E-state index in [1.165, 1.54) is 36.8 Å². The molecule has 0 bridgehead atoms. The predicted molar refractivity (Wildman–Crippen MR) is 132 cm³/mol. The van der Waals surface area contributed by atoms with Crippen molar-refractivity contribution in [1.29, 1.82) is 0 Å². The summed E-state index contributed by atoms with van der Waals surface area (Å²) in [6, 6.07) is 12.3. The van der Waals surface area contributed by atoms with Crippen LogP contribution in [0, 0.1) is 32.5 Å². The maximum atomic E-state index is 14.6. The van der Waals surface area contributed by atoms with E-state index >= 15 is 0 Å². The molecule has 0 N–H and O–H groups in total. The van der Waals surface area contributed by atoms with Gasteiger partial charge in [0.05, 0.1) is 11.7 Å². The van der Waals surface area contributed by atoms with Gasteiger partial charge in [-0.3, -0.25) is 0 Å². The maximum Gasteiger partial charge on any atom is 0.245 e.